The zero-order chi connectivity index (χ0) is 14.0. The topological polar surface area (TPSA) is 43.0 Å². The van der Waals surface area contributed by atoms with Crippen molar-refractivity contribution < 1.29 is 14.2 Å². The zero-order valence-corrected chi connectivity index (χ0v) is 11.5. The van der Waals surface area contributed by atoms with Crippen molar-refractivity contribution >= 4 is 11.6 Å². The number of ketones is 2. The van der Waals surface area contributed by atoms with Crippen LogP contribution in [0.15, 0.2) is 24.3 Å². The van der Waals surface area contributed by atoms with Crippen LogP contribution in [0.1, 0.15) is 56.8 Å². The summed E-state index contributed by atoms with van der Waals surface area (Å²) in [6, 6.07) is 7.49. The van der Waals surface area contributed by atoms with Gasteiger partial charge in [-0.1, -0.05) is 24.3 Å². The lowest BCUT2D eigenvalue weighted by Crippen LogP contribution is -2.39. The third-order valence-electron chi connectivity index (χ3n) is 4.39. The highest BCUT2D eigenvalue weighted by Gasteiger charge is 2.46. The van der Waals surface area contributed by atoms with Gasteiger partial charge in [0.2, 0.25) is 23.0 Å². The Hall–Kier alpha value is -2.23. The van der Waals surface area contributed by atoms with Gasteiger partial charge in [0.1, 0.15) is 6.04 Å². The third-order valence-corrected chi connectivity index (χ3v) is 4.39. The van der Waals surface area contributed by atoms with E-state index < -0.39 is 0 Å². The number of imidazole rings is 1. The summed E-state index contributed by atoms with van der Waals surface area (Å²) in [4.78, 5) is 25.5. The number of fused-ring (bicyclic) bond motifs is 2. The number of nitrogens with zero attached hydrogens (tertiary/aromatic N) is 2. The largest absolute Gasteiger partial charge is 0.284 e. The molecule has 1 saturated carbocycles. The molecular formula is C16H15N2O2+. The monoisotopic (exact) mass is 267 g/mol. The molecule has 0 saturated heterocycles. The Bertz CT molecular complexity index is 782. The molecule has 4 nitrogen and oxygen atoms in total. The first-order valence-electron chi connectivity index (χ1n) is 6.90. The van der Waals surface area contributed by atoms with Crippen LogP contribution in [0, 0.1) is 6.92 Å². The first-order chi connectivity index (χ1) is 9.61. The molecule has 2 aliphatic rings. The van der Waals surface area contributed by atoms with E-state index in [1.165, 1.54) is 0 Å². The van der Waals surface area contributed by atoms with Gasteiger partial charge in [-0.25, -0.2) is 9.13 Å². The molecule has 4 heteroatoms. The molecule has 2 aliphatic carbocycles. The van der Waals surface area contributed by atoms with Gasteiger partial charge < -0.3 is 0 Å². The van der Waals surface area contributed by atoms with E-state index in [0.717, 1.165) is 18.7 Å². The van der Waals surface area contributed by atoms with Crippen molar-refractivity contribution in [1.29, 1.82) is 0 Å². The second-order valence-corrected chi connectivity index (χ2v) is 5.61. The number of hydrogen-bond acceptors (Lipinski definition) is 2. The Morgan fingerprint density at radius 3 is 2.30 bits per heavy atom. The minimum atomic E-state index is -0.0415. The average Bonchev–Trinajstić information content (AvgIpc) is 3.25. The van der Waals surface area contributed by atoms with Gasteiger partial charge >= 0.3 is 0 Å². The van der Waals surface area contributed by atoms with Crippen LogP contribution in [0.4, 0.5) is 0 Å². The summed E-state index contributed by atoms with van der Waals surface area (Å²) in [6.07, 6.45) is 2.18. The maximum Gasteiger partial charge on any atom is 0.254 e. The number of carbonyl (C=O) groups excluding carboxylic acids is 2. The fourth-order valence-corrected chi connectivity index (χ4v) is 3.15. The van der Waals surface area contributed by atoms with Gasteiger partial charge in [0.15, 0.2) is 0 Å². The average molecular weight is 267 g/mol. The molecular weight excluding hydrogens is 252 g/mol. The molecule has 2 aromatic rings. The quantitative estimate of drug-likeness (QED) is 0.630. The van der Waals surface area contributed by atoms with Crippen molar-refractivity contribution in [2.24, 2.45) is 7.05 Å². The highest BCUT2D eigenvalue weighted by atomic mass is 16.1. The molecule has 1 fully saturated rings. The Kier molecular flexibility index (Phi) is 2.12. The highest BCUT2D eigenvalue weighted by molar-refractivity contribution is 6.26. The van der Waals surface area contributed by atoms with Crippen LogP contribution >= 0.6 is 0 Å². The lowest BCUT2D eigenvalue weighted by Gasteiger charge is -2.12. The first kappa shape index (κ1) is 11.6. The fourth-order valence-electron chi connectivity index (χ4n) is 3.15. The Morgan fingerprint density at radius 2 is 1.70 bits per heavy atom. The second-order valence-electron chi connectivity index (χ2n) is 5.61. The van der Waals surface area contributed by atoms with Gasteiger partial charge in [0, 0.05) is 18.1 Å². The van der Waals surface area contributed by atoms with E-state index in [1.807, 2.05) is 24.6 Å². The maximum atomic E-state index is 12.8. The van der Waals surface area contributed by atoms with E-state index in [-0.39, 0.29) is 11.6 Å². The molecule has 0 radical (unpaired) electrons. The number of rotatable bonds is 1. The van der Waals surface area contributed by atoms with Crippen LogP contribution in [-0.2, 0) is 7.05 Å². The summed E-state index contributed by atoms with van der Waals surface area (Å²) in [5.41, 5.74) is 2.17. The zero-order valence-electron chi connectivity index (χ0n) is 11.5. The van der Waals surface area contributed by atoms with Crippen LogP contribution in [0.5, 0.6) is 0 Å². The first-order valence-corrected chi connectivity index (χ1v) is 6.90. The van der Waals surface area contributed by atoms with Crippen molar-refractivity contribution in [3.63, 3.8) is 0 Å². The van der Waals surface area contributed by atoms with Crippen molar-refractivity contribution in [3.05, 3.63) is 52.6 Å². The second kappa shape index (κ2) is 3.66. The molecule has 0 amide bonds. The number of benzene rings is 1. The van der Waals surface area contributed by atoms with Gasteiger partial charge in [0.25, 0.3) is 5.82 Å². The SMILES string of the molecule is Cc1n(C2CC2)c2c([n+]1C)C(=O)c1ccccc1C2=O. The van der Waals surface area contributed by atoms with E-state index in [9.17, 15) is 9.59 Å². The molecule has 1 aromatic carbocycles. The van der Waals surface area contributed by atoms with Gasteiger partial charge in [-0.05, 0) is 12.8 Å². The summed E-state index contributed by atoms with van der Waals surface area (Å²) in [5.74, 6) is 0.915. The molecule has 1 heterocycles. The predicted octanol–water partition coefficient (Wildman–Crippen LogP) is 1.73. The smallest absolute Gasteiger partial charge is 0.254 e. The van der Waals surface area contributed by atoms with Crippen molar-refractivity contribution in [2.45, 2.75) is 25.8 Å². The molecule has 100 valence electrons. The van der Waals surface area contributed by atoms with Crippen LogP contribution < -0.4 is 4.57 Å². The van der Waals surface area contributed by atoms with Crippen LogP contribution in [0.2, 0.25) is 0 Å². The van der Waals surface area contributed by atoms with Crippen LogP contribution in [0.3, 0.4) is 0 Å². The van der Waals surface area contributed by atoms with Gasteiger partial charge in [-0.3, -0.25) is 9.59 Å². The summed E-state index contributed by atoms with van der Waals surface area (Å²) >= 11 is 0. The van der Waals surface area contributed by atoms with Crippen molar-refractivity contribution in [1.82, 2.24) is 4.57 Å². The lowest BCUT2D eigenvalue weighted by molar-refractivity contribution is -0.679. The number of aromatic nitrogens is 2. The number of carbonyl (C=O) groups is 2. The van der Waals surface area contributed by atoms with Gasteiger partial charge in [-0.2, -0.15) is 0 Å². The molecule has 20 heavy (non-hydrogen) atoms. The maximum absolute atomic E-state index is 12.8. The molecule has 4 rings (SSSR count). The molecule has 0 spiro atoms. The molecule has 0 N–H and O–H groups in total. The van der Waals surface area contributed by atoms with Crippen molar-refractivity contribution in [3.8, 4) is 0 Å². The summed E-state index contributed by atoms with van der Waals surface area (Å²) in [5, 5.41) is 0. The Morgan fingerprint density at radius 1 is 1.10 bits per heavy atom. The van der Waals surface area contributed by atoms with E-state index in [0.29, 0.717) is 28.6 Å². The predicted molar refractivity (Wildman–Crippen MR) is 71.9 cm³/mol. The van der Waals surface area contributed by atoms with E-state index in [4.69, 9.17) is 0 Å². The Labute approximate surface area is 116 Å². The minimum Gasteiger partial charge on any atom is -0.284 e. The fraction of sp³-hybridized carbons (Fsp3) is 0.312. The highest BCUT2D eigenvalue weighted by Crippen LogP contribution is 2.39. The van der Waals surface area contributed by atoms with E-state index in [2.05, 4.69) is 4.57 Å². The third kappa shape index (κ3) is 1.28. The normalized spacial score (nSPS) is 17.1. The molecule has 1 aromatic heterocycles. The molecule has 0 unspecified atom stereocenters. The van der Waals surface area contributed by atoms with Crippen LogP contribution in [0.25, 0.3) is 0 Å². The minimum absolute atomic E-state index is 0.0224. The summed E-state index contributed by atoms with van der Waals surface area (Å²) < 4.78 is 3.93. The molecule has 0 atom stereocenters. The van der Waals surface area contributed by atoms with Gasteiger partial charge in [-0.15, -0.1) is 0 Å². The standard InChI is InChI=1S/C16H15N2O2/c1-9-17(2)13-14(18(9)10-7-8-10)16(20)12-6-4-3-5-11(12)15(13)19/h3-6,10H,7-8H2,1-2H3/q+1. The lowest BCUT2D eigenvalue weighted by atomic mass is 9.90. The Balaban J connectivity index is 2.07. The van der Waals surface area contributed by atoms with E-state index >= 15 is 0 Å². The van der Waals surface area contributed by atoms with E-state index in [1.54, 1.807) is 18.2 Å². The summed E-state index contributed by atoms with van der Waals surface area (Å²) in [6.45, 7) is 1.97. The van der Waals surface area contributed by atoms with Gasteiger partial charge in [0.05, 0.1) is 7.05 Å². The molecule has 0 bridgehead atoms. The van der Waals surface area contributed by atoms with Crippen molar-refractivity contribution in [2.75, 3.05) is 0 Å². The number of hydrogen-bond donors (Lipinski definition) is 0. The van der Waals surface area contributed by atoms with Crippen LogP contribution in [-0.4, -0.2) is 16.1 Å². The molecule has 0 aliphatic heterocycles. The summed E-state index contributed by atoms with van der Waals surface area (Å²) in [7, 11) is 1.87.